The molecule has 1 N–H and O–H groups in total. The Hall–Kier alpha value is -1.94. The van der Waals surface area contributed by atoms with E-state index < -0.39 is 0 Å². The predicted molar refractivity (Wildman–Crippen MR) is 76.1 cm³/mol. The van der Waals surface area contributed by atoms with Crippen LogP contribution in [0.5, 0.6) is 0 Å². The van der Waals surface area contributed by atoms with Crippen molar-refractivity contribution >= 4 is 21.9 Å². The highest BCUT2D eigenvalue weighted by Crippen LogP contribution is 2.25. The lowest BCUT2D eigenvalue weighted by atomic mass is 10.2. The summed E-state index contributed by atoms with van der Waals surface area (Å²) in [6, 6.07) is 8.07. The number of aryl methyl sites for hydroxylation is 1. The number of nitrogens with zero attached hydrogens (tertiary/aromatic N) is 3. The number of hydrogen-bond donors (Lipinski definition) is 1. The number of pyridine rings is 1. The molecule has 2 heterocycles. The number of benzene rings is 1. The largest absolute Gasteiger partial charge is 0.395 e. The van der Waals surface area contributed by atoms with Crippen molar-refractivity contribution < 1.29 is 5.11 Å². The van der Waals surface area contributed by atoms with Gasteiger partial charge < -0.3 is 9.67 Å². The fourth-order valence-electron chi connectivity index (χ4n) is 2.57. The van der Waals surface area contributed by atoms with Crippen LogP contribution >= 0.6 is 0 Å². The molecule has 0 radical (unpaired) electrons. The quantitative estimate of drug-likeness (QED) is 0.779. The summed E-state index contributed by atoms with van der Waals surface area (Å²) >= 11 is 0. The first-order valence-electron chi connectivity index (χ1n) is 6.69. The molecule has 0 unspecified atom stereocenters. The molecule has 98 valence electrons. The molecule has 0 aliphatic rings. The van der Waals surface area contributed by atoms with Gasteiger partial charge in [0.05, 0.1) is 23.8 Å². The van der Waals surface area contributed by atoms with E-state index in [-0.39, 0.29) is 6.61 Å². The first kappa shape index (κ1) is 12.1. The lowest BCUT2D eigenvalue weighted by molar-refractivity contribution is 0.276. The second kappa shape index (κ2) is 4.97. The Morgan fingerprint density at radius 1 is 1.21 bits per heavy atom. The summed E-state index contributed by atoms with van der Waals surface area (Å²) in [7, 11) is 0. The van der Waals surface area contributed by atoms with Crippen molar-refractivity contribution in [3.63, 3.8) is 0 Å². The van der Waals surface area contributed by atoms with E-state index in [0.29, 0.717) is 6.54 Å². The normalized spacial score (nSPS) is 11.5. The Labute approximate surface area is 111 Å². The van der Waals surface area contributed by atoms with E-state index in [0.717, 1.165) is 40.6 Å². The number of fused-ring (bicyclic) bond motifs is 3. The van der Waals surface area contributed by atoms with Crippen LogP contribution in [-0.2, 0) is 13.0 Å². The van der Waals surface area contributed by atoms with Crippen molar-refractivity contribution in [2.45, 2.75) is 26.3 Å². The molecule has 0 spiro atoms. The number of imidazole rings is 1. The Morgan fingerprint density at radius 2 is 2.05 bits per heavy atom. The number of aliphatic hydroxyl groups excluding tert-OH is 1. The van der Waals surface area contributed by atoms with Crippen LogP contribution in [0.25, 0.3) is 21.9 Å². The van der Waals surface area contributed by atoms with E-state index in [2.05, 4.69) is 27.5 Å². The number of hydrogen-bond acceptors (Lipinski definition) is 3. The predicted octanol–water partition coefficient (Wildman–Crippen LogP) is 2.53. The summed E-state index contributed by atoms with van der Waals surface area (Å²) in [4.78, 5) is 9.11. The zero-order valence-corrected chi connectivity index (χ0v) is 11.0. The molecule has 0 fully saturated rings. The Kier molecular flexibility index (Phi) is 3.17. The summed E-state index contributed by atoms with van der Waals surface area (Å²) in [6.45, 7) is 2.84. The van der Waals surface area contributed by atoms with E-state index in [1.54, 1.807) is 0 Å². The molecule has 0 saturated heterocycles. The second-order valence-electron chi connectivity index (χ2n) is 4.66. The van der Waals surface area contributed by atoms with E-state index >= 15 is 0 Å². The maximum absolute atomic E-state index is 9.30. The molecular weight excluding hydrogens is 238 g/mol. The van der Waals surface area contributed by atoms with Gasteiger partial charge in [-0.3, -0.25) is 4.98 Å². The second-order valence-corrected chi connectivity index (χ2v) is 4.66. The minimum Gasteiger partial charge on any atom is -0.395 e. The highest BCUT2D eigenvalue weighted by Gasteiger charge is 2.12. The highest BCUT2D eigenvalue weighted by atomic mass is 16.3. The van der Waals surface area contributed by atoms with Crippen molar-refractivity contribution in [1.82, 2.24) is 14.5 Å². The molecule has 2 aromatic heterocycles. The molecule has 0 aliphatic carbocycles. The highest BCUT2D eigenvalue weighted by molar-refractivity contribution is 6.02. The maximum atomic E-state index is 9.30. The van der Waals surface area contributed by atoms with E-state index in [9.17, 15) is 5.11 Å². The molecule has 1 aromatic carbocycles. The van der Waals surface area contributed by atoms with Gasteiger partial charge in [-0.2, -0.15) is 0 Å². The van der Waals surface area contributed by atoms with Crippen molar-refractivity contribution in [3.8, 4) is 0 Å². The molecule has 3 aromatic rings. The molecule has 0 atom stereocenters. The summed E-state index contributed by atoms with van der Waals surface area (Å²) in [5, 5.41) is 10.4. The van der Waals surface area contributed by atoms with Crippen LogP contribution in [0.4, 0.5) is 0 Å². The molecular formula is C15H17N3O. The number of rotatable bonds is 4. The minimum absolute atomic E-state index is 0.124. The standard InChI is InChI=1S/C15H17N3O/c1-2-5-14-17-13-10-16-12-7-4-3-6-11(12)15(13)18(14)8-9-19/h3-4,6-7,10,19H,2,5,8-9H2,1H3. The van der Waals surface area contributed by atoms with Gasteiger partial charge in [0.25, 0.3) is 0 Å². The minimum atomic E-state index is 0.124. The van der Waals surface area contributed by atoms with Crippen LogP contribution < -0.4 is 0 Å². The number of aromatic nitrogens is 3. The zero-order valence-electron chi connectivity index (χ0n) is 11.0. The third kappa shape index (κ3) is 1.98. The summed E-state index contributed by atoms with van der Waals surface area (Å²) in [6.07, 6.45) is 3.79. The van der Waals surface area contributed by atoms with E-state index in [4.69, 9.17) is 0 Å². The van der Waals surface area contributed by atoms with E-state index in [1.165, 1.54) is 0 Å². The van der Waals surface area contributed by atoms with Gasteiger partial charge in [-0.25, -0.2) is 4.98 Å². The Balaban J connectivity index is 2.35. The van der Waals surface area contributed by atoms with Crippen LogP contribution in [0.15, 0.2) is 30.5 Å². The van der Waals surface area contributed by atoms with Crippen molar-refractivity contribution in [2.75, 3.05) is 6.61 Å². The number of para-hydroxylation sites is 1. The summed E-state index contributed by atoms with van der Waals surface area (Å²) in [5.74, 6) is 1.03. The van der Waals surface area contributed by atoms with Gasteiger partial charge in [0.15, 0.2) is 0 Å². The van der Waals surface area contributed by atoms with Gasteiger partial charge in [0, 0.05) is 18.4 Å². The van der Waals surface area contributed by atoms with E-state index in [1.807, 2.05) is 24.4 Å². The zero-order chi connectivity index (χ0) is 13.2. The topological polar surface area (TPSA) is 50.9 Å². The average molecular weight is 255 g/mol. The summed E-state index contributed by atoms with van der Waals surface area (Å²) < 4.78 is 2.13. The fourth-order valence-corrected chi connectivity index (χ4v) is 2.57. The smallest absolute Gasteiger partial charge is 0.110 e. The van der Waals surface area contributed by atoms with Crippen LogP contribution in [-0.4, -0.2) is 26.2 Å². The Morgan fingerprint density at radius 3 is 2.84 bits per heavy atom. The maximum Gasteiger partial charge on any atom is 0.110 e. The average Bonchev–Trinajstić information content (AvgIpc) is 2.78. The van der Waals surface area contributed by atoms with Crippen LogP contribution in [0, 0.1) is 0 Å². The molecule has 3 rings (SSSR count). The third-order valence-electron chi connectivity index (χ3n) is 3.36. The van der Waals surface area contributed by atoms with Crippen LogP contribution in [0.1, 0.15) is 19.2 Å². The lowest BCUT2D eigenvalue weighted by Crippen LogP contribution is -2.07. The van der Waals surface area contributed by atoms with Gasteiger partial charge in [-0.1, -0.05) is 25.1 Å². The SMILES string of the molecule is CCCc1nc2cnc3ccccc3c2n1CCO. The molecule has 0 bridgehead atoms. The van der Waals surface area contributed by atoms with Crippen LogP contribution in [0.2, 0.25) is 0 Å². The first-order chi connectivity index (χ1) is 9.35. The Bertz CT molecular complexity index is 718. The summed E-state index contributed by atoms with van der Waals surface area (Å²) in [5.41, 5.74) is 2.97. The van der Waals surface area contributed by atoms with Crippen molar-refractivity contribution in [3.05, 3.63) is 36.3 Å². The van der Waals surface area contributed by atoms with Crippen molar-refractivity contribution in [2.24, 2.45) is 0 Å². The van der Waals surface area contributed by atoms with Gasteiger partial charge in [0.1, 0.15) is 11.3 Å². The van der Waals surface area contributed by atoms with Crippen LogP contribution in [0.3, 0.4) is 0 Å². The first-order valence-corrected chi connectivity index (χ1v) is 6.69. The monoisotopic (exact) mass is 255 g/mol. The van der Waals surface area contributed by atoms with Crippen molar-refractivity contribution in [1.29, 1.82) is 0 Å². The lowest BCUT2D eigenvalue weighted by Gasteiger charge is -2.08. The molecule has 4 heteroatoms. The molecule has 0 amide bonds. The van der Waals surface area contributed by atoms with Gasteiger partial charge in [-0.15, -0.1) is 0 Å². The van der Waals surface area contributed by atoms with Gasteiger partial charge >= 0.3 is 0 Å². The fraction of sp³-hybridized carbons (Fsp3) is 0.333. The van der Waals surface area contributed by atoms with Gasteiger partial charge in [-0.05, 0) is 12.5 Å². The van der Waals surface area contributed by atoms with Gasteiger partial charge in [0.2, 0.25) is 0 Å². The molecule has 4 nitrogen and oxygen atoms in total. The molecule has 0 aliphatic heterocycles. The third-order valence-corrected chi connectivity index (χ3v) is 3.36. The molecule has 0 saturated carbocycles. The molecule has 19 heavy (non-hydrogen) atoms. The number of aliphatic hydroxyl groups is 1.